The Morgan fingerprint density at radius 2 is 0.985 bits per heavy atom. The molecule has 65 heavy (non-hydrogen) atoms. The van der Waals surface area contributed by atoms with Crippen LogP contribution >= 0.6 is 0 Å². The summed E-state index contributed by atoms with van der Waals surface area (Å²) in [4.78, 5) is 12.9. The Kier molecular flexibility index (Phi) is 40.3. The first-order valence-corrected chi connectivity index (χ1v) is 24.9. The zero-order valence-corrected chi connectivity index (χ0v) is 40.2. The quantitative estimate of drug-likeness (QED) is 0.0264. The second-order valence-corrected chi connectivity index (χ2v) is 16.5. The third-order valence-electron chi connectivity index (χ3n) is 10.8. The van der Waals surface area contributed by atoms with Gasteiger partial charge >= 0.3 is 0 Å². The second-order valence-electron chi connectivity index (χ2n) is 16.5. The Hall–Kier alpha value is -3.67. The third-order valence-corrected chi connectivity index (χ3v) is 10.8. The summed E-state index contributed by atoms with van der Waals surface area (Å²) in [6, 6.07) is -0.840. The van der Waals surface area contributed by atoms with Gasteiger partial charge in [-0.1, -0.05) is 179 Å². The number of ether oxygens (including phenoxy) is 2. The van der Waals surface area contributed by atoms with Crippen LogP contribution in [0.5, 0.6) is 0 Å². The lowest BCUT2D eigenvalue weighted by Gasteiger charge is -2.40. The van der Waals surface area contributed by atoms with Gasteiger partial charge < -0.3 is 40.3 Å². The number of amides is 1. The zero-order valence-electron chi connectivity index (χ0n) is 40.2. The number of hydrogen-bond donors (Lipinski definition) is 6. The molecule has 366 valence electrons. The molecule has 9 nitrogen and oxygen atoms in total. The highest BCUT2D eigenvalue weighted by molar-refractivity contribution is 5.76. The molecule has 1 aliphatic heterocycles. The van der Waals surface area contributed by atoms with Crippen LogP contribution in [0.2, 0.25) is 0 Å². The standard InChI is InChI=1S/C56H89NO8/c1-3-5-7-9-11-13-14-15-16-17-18-19-20-21-22-23-24-25-26-27-28-29-30-31-32-33-34-35-36-38-40-42-44-46-52(60)57-49(50(59)45-43-41-39-37-12-10-8-6-4-2)48-64-56-55(63)54(62)53(61)51(47-58)65-56/h4-7,11-13,15-16,18-19,21-22,24-25,27-28,30-31,37,43,45,49-51,53-56,58-59,61-63H,3,8-10,14,17,20,23,26,29,32-36,38-42,44,46-48H2,1-2H3,(H,57,60)/b6-4+,7-5-,13-11-,16-15-,19-18-,22-21-,25-24-,28-27-,31-30-,37-12+,45-43+. The normalized spacial score (nSPS) is 21.1. The van der Waals surface area contributed by atoms with E-state index in [0.29, 0.717) is 12.8 Å². The minimum Gasteiger partial charge on any atom is -0.394 e. The Morgan fingerprint density at radius 3 is 1.48 bits per heavy atom. The smallest absolute Gasteiger partial charge is 0.220 e. The van der Waals surface area contributed by atoms with Gasteiger partial charge in [0.2, 0.25) is 5.91 Å². The predicted molar refractivity (Wildman–Crippen MR) is 271 cm³/mol. The summed E-state index contributed by atoms with van der Waals surface area (Å²) in [6.07, 6.45) is 61.1. The van der Waals surface area contributed by atoms with Gasteiger partial charge in [0.05, 0.1) is 25.4 Å². The van der Waals surface area contributed by atoms with Crippen LogP contribution in [0.4, 0.5) is 0 Å². The largest absolute Gasteiger partial charge is 0.394 e. The average Bonchev–Trinajstić information content (AvgIpc) is 3.31. The van der Waals surface area contributed by atoms with Crippen LogP contribution in [0, 0.1) is 0 Å². The van der Waals surface area contributed by atoms with E-state index < -0.39 is 49.5 Å². The van der Waals surface area contributed by atoms with Crippen molar-refractivity contribution in [3.63, 3.8) is 0 Å². The van der Waals surface area contributed by atoms with Gasteiger partial charge in [0, 0.05) is 6.42 Å². The average molecular weight is 904 g/mol. The molecule has 6 N–H and O–H groups in total. The number of aliphatic hydroxyl groups is 5. The molecule has 7 atom stereocenters. The van der Waals surface area contributed by atoms with Crippen molar-refractivity contribution in [1.82, 2.24) is 5.32 Å². The van der Waals surface area contributed by atoms with Crippen molar-refractivity contribution in [2.75, 3.05) is 13.2 Å². The van der Waals surface area contributed by atoms with E-state index in [1.165, 1.54) is 25.7 Å². The monoisotopic (exact) mass is 904 g/mol. The molecule has 1 amide bonds. The van der Waals surface area contributed by atoms with Gasteiger partial charge in [-0.05, 0) is 103 Å². The van der Waals surface area contributed by atoms with Gasteiger partial charge in [-0.3, -0.25) is 4.79 Å². The van der Waals surface area contributed by atoms with Crippen LogP contribution in [0.15, 0.2) is 134 Å². The van der Waals surface area contributed by atoms with Gasteiger partial charge in [-0.15, -0.1) is 0 Å². The summed E-state index contributed by atoms with van der Waals surface area (Å²) < 4.78 is 11.2. The molecule has 1 aliphatic rings. The molecular weight excluding hydrogens is 815 g/mol. The Labute approximate surface area is 394 Å². The lowest BCUT2D eigenvalue weighted by atomic mass is 9.99. The lowest BCUT2D eigenvalue weighted by molar-refractivity contribution is -0.302. The number of unbranched alkanes of at least 4 members (excludes halogenated alkanes) is 10. The molecule has 1 saturated heterocycles. The van der Waals surface area contributed by atoms with Crippen molar-refractivity contribution >= 4 is 5.91 Å². The SMILES string of the molecule is C/C=C/CC/C=C/CC/C=C/C(O)C(COC1OC(CO)C(O)C(O)C1O)NC(=O)CCCCCCCCCC/C=C\C/C=C\C/C=C\C/C=C\C/C=C\C/C=C\C/C=C\C/C=C\CC. The number of aliphatic hydroxyl groups excluding tert-OH is 5. The molecule has 0 aromatic rings. The van der Waals surface area contributed by atoms with Gasteiger partial charge in [0.25, 0.3) is 0 Å². The summed E-state index contributed by atoms with van der Waals surface area (Å²) in [6.45, 7) is 3.36. The molecule has 7 unspecified atom stereocenters. The van der Waals surface area contributed by atoms with Gasteiger partial charge in [-0.25, -0.2) is 0 Å². The van der Waals surface area contributed by atoms with Crippen molar-refractivity contribution in [3.05, 3.63) is 134 Å². The number of rotatable bonds is 39. The number of nitrogens with one attached hydrogen (secondary N) is 1. The lowest BCUT2D eigenvalue weighted by Crippen LogP contribution is -2.60. The summed E-state index contributed by atoms with van der Waals surface area (Å²) in [5.74, 6) is -0.211. The molecule has 0 bridgehead atoms. The minimum absolute atomic E-state index is 0.211. The molecule has 1 heterocycles. The molecular formula is C56H89NO8. The summed E-state index contributed by atoms with van der Waals surface area (Å²) in [5, 5.41) is 54.0. The molecule has 9 heteroatoms. The molecule has 0 aliphatic carbocycles. The van der Waals surface area contributed by atoms with E-state index in [9.17, 15) is 30.3 Å². The maximum absolute atomic E-state index is 12.9. The van der Waals surface area contributed by atoms with Crippen LogP contribution in [0.1, 0.15) is 155 Å². The summed E-state index contributed by atoms with van der Waals surface area (Å²) >= 11 is 0. The Balaban J connectivity index is 2.20. The van der Waals surface area contributed by atoms with E-state index in [4.69, 9.17) is 9.47 Å². The number of carbonyl (C=O) groups excluding carboxylic acids is 1. The fourth-order valence-electron chi connectivity index (χ4n) is 6.86. The first kappa shape index (κ1) is 59.3. The maximum Gasteiger partial charge on any atom is 0.220 e. The van der Waals surface area contributed by atoms with Crippen LogP contribution in [0.25, 0.3) is 0 Å². The predicted octanol–water partition coefficient (Wildman–Crippen LogP) is 11.4. The summed E-state index contributed by atoms with van der Waals surface area (Å²) in [7, 11) is 0. The highest BCUT2D eigenvalue weighted by Gasteiger charge is 2.44. The molecule has 0 spiro atoms. The summed E-state index contributed by atoms with van der Waals surface area (Å²) in [5.41, 5.74) is 0. The second kappa shape index (κ2) is 44.2. The van der Waals surface area contributed by atoms with Crippen molar-refractivity contribution in [3.8, 4) is 0 Å². The van der Waals surface area contributed by atoms with E-state index in [-0.39, 0.29) is 12.5 Å². The number of allylic oxidation sites excluding steroid dienone is 21. The van der Waals surface area contributed by atoms with E-state index in [0.717, 1.165) is 103 Å². The van der Waals surface area contributed by atoms with E-state index >= 15 is 0 Å². The van der Waals surface area contributed by atoms with Gasteiger partial charge in [-0.2, -0.15) is 0 Å². The van der Waals surface area contributed by atoms with Gasteiger partial charge in [0.1, 0.15) is 24.4 Å². The van der Waals surface area contributed by atoms with E-state index in [1.54, 1.807) is 6.08 Å². The topological polar surface area (TPSA) is 149 Å². The number of carbonyl (C=O) groups is 1. The van der Waals surface area contributed by atoms with Gasteiger partial charge in [0.15, 0.2) is 6.29 Å². The maximum atomic E-state index is 12.9. The van der Waals surface area contributed by atoms with E-state index in [1.807, 2.05) is 19.1 Å². The molecule has 1 rings (SSSR count). The van der Waals surface area contributed by atoms with Crippen molar-refractivity contribution in [2.45, 2.75) is 198 Å². The van der Waals surface area contributed by atoms with Crippen molar-refractivity contribution in [2.24, 2.45) is 0 Å². The van der Waals surface area contributed by atoms with Crippen LogP contribution < -0.4 is 5.32 Å². The van der Waals surface area contributed by atoms with Crippen LogP contribution in [0.3, 0.4) is 0 Å². The molecule has 1 fully saturated rings. The third kappa shape index (κ3) is 34.3. The minimum atomic E-state index is -1.58. The van der Waals surface area contributed by atoms with Crippen molar-refractivity contribution in [1.29, 1.82) is 0 Å². The molecule has 0 aromatic heterocycles. The highest BCUT2D eigenvalue weighted by atomic mass is 16.7. The Bertz CT molecular complexity index is 1470. The first-order chi connectivity index (χ1) is 31.8. The van der Waals surface area contributed by atoms with Crippen LogP contribution in [-0.2, 0) is 14.3 Å². The van der Waals surface area contributed by atoms with Crippen LogP contribution in [-0.4, -0.2) is 87.5 Å². The first-order valence-electron chi connectivity index (χ1n) is 24.9. The van der Waals surface area contributed by atoms with Crippen molar-refractivity contribution < 1.29 is 39.8 Å². The fourth-order valence-corrected chi connectivity index (χ4v) is 6.86. The Morgan fingerprint density at radius 1 is 0.554 bits per heavy atom. The zero-order chi connectivity index (χ0) is 47.3. The fraction of sp³-hybridized carbons (Fsp3) is 0.589. The molecule has 0 radical (unpaired) electrons. The molecule has 0 saturated carbocycles. The highest BCUT2D eigenvalue weighted by Crippen LogP contribution is 2.22. The van der Waals surface area contributed by atoms with E-state index in [2.05, 4.69) is 128 Å². The molecule has 0 aromatic carbocycles. The number of hydrogen-bond acceptors (Lipinski definition) is 8.